The van der Waals surface area contributed by atoms with Crippen molar-refractivity contribution in [3.63, 3.8) is 0 Å². The average molecular weight is 356 g/mol. The van der Waals surface area contributed by atoms with E-state index in [1.54, 1.807) is 20.8 Å². The Morgan fingerprint density at radius 2 is 1.44 bits per heavy atom. The number of hydrogen-bond acceptors (Lipinski definition) is 3. The van der Waals surface area contributed by atoms with Crippen LogP contribution in [0.15, 0.2) is 0 Å². The average Bonchev–Trinajstić information content (AvgIpc) is 2.39. The van der Waals surface area contributed by atoms with Crippen molar-refractivity contribution in [2.75, 3.05) is 13.2 Å². The zero-order chi connectivity index (χ0) is 19.9. The van der Waals surface area contributed by atoms with Crippen molar-refractivity contribution in [3.8, 4) is 0 Å². The number of amides is 1. The van der Waals surface area contributed by atoms with Gasteiger partial charge in [-0.2, -0.15) is 0 Å². The maximum Gasteiger partial charge on any atom is 0.222 e. The maximum atomic E-state index is 12.6. The van der Waals surface area contributed by atoms with Gasteiger partial charge in [0.05, 0.1) is 0 Å². The minimum atomic E-state index is -0.703. The van der Waals surface area contributed by atoms with Crippen molar-refractivity contribution in [3.05, 3.63) is 0 Å². The quantitative estimate of drug-likeness (QED) is 0.518. The van der Waals surface area contributed by atoms with Crippen LogP contribution in [0, 0.1) is 5.41 Å². The molecule has 0 fully saturated rings. The minimum absolute atomic E-state index is 0.0438. The number of unbranched alkanes of at least 4 members (excludes halogenated alkanes) is 2. The van der Waals surface area contributed by atoms with Crippen molar-refractivity contribution < 1.29 is 14.3 Å². The van der Waals surface area contributed by atoms with E-state index in [-0.39, 0.29) is 22.6 Å². The number of Topliss-reactive ketones (excluding diaryl/α,β-unsaturated/α-hetero) is 1. The van der Waals surface area contributed by atoms with E-state index in [2.05, 4.69) is 41.5 Å². The highest BCUT2D eigenvalue weighted by Crippen LogP contribution is 2.23. The summed E-state index contributed by atoms with van der Waals surface area (Å²) in [4.78, 5) is 26.1. The Bertz CT molecular complexity index is 427. The van der Waals surface area contributed by atoms with Gasteiger partial charge in [-0.05, 0) is 66.2 Å². The molecule has 4 nitrogen and oxygen atoms in total. The fourth-order valence-corrected chi connectivity index (χ4v) is 2.40. The summed E-state index contributed by atoms with van der Waals surface area (Å²) >= 11 is 0. The molecule has 0 aliphatic heterocycles. The van der Waals surface area contributed by atoms with Crippen LogP contribution in [-0.2, 0) is 14.3 Å². The molecule has 0 aromatic carbocycles. The smallest absolute Gasteiger partial charge is 0.222 e. The molecule has 0 atom stereocenters. The molecule has 0 heterocycles. The fraction of sp³-hybridized carbons (Fsp3) is 0.905. The molecule has 0 bridgehead atoms. The number of carbonyl (C=O) groups excluding carboxylic acids is 2. The normalized spacial score (nSPS) is 13.0. The highest BCUT2D eigenvalue weighted by atomic mass is 16.5. The summed E-state index contributed by atoms with van der Waals surface area (Å²) in [6.45, 7) is 19.5. The first kappa shape index (κ1) is 24.1. The SMILES string of the molecule is CC(=O)C(C)(C)OCCCCCC(=O)N(CCC(C)(C)C)C(C)(C)C. The predicted octanol–water partition coefficient (Wildman–Crippen LogP) is 4.99. The summed E-state index contributed by atoms with van der Waals surface area (Å²) in [6, 6.07) is 0. The van der Waals surface area contributed by atoms with Gasteiger partial charge in [-0.1, -0.05) is 27.2 Å². The molecule has 0 saturated carbocycles. The number of carbonyl (C=O) groups is 2. The summed E-state index contributed by atoms with van der Waals surface area (Å²) in [7, 11) is 0. The number of ether oxygens (including phenoxy) is 1. The first-order valence-electron chi connectivity index (χ1n) is 9.62. The molecule has 0 aliphatic rings. The Balaban J connectivity index is 4.25. The molecule has 0 radical (unpaired) electrons. The minimum Gasteiger partial charge on any atom is -0.368 e. The van der Waals surface area contributed by atoms with Crippen LogP contribution in [0.5, 0.6) is 0 Å². The van der Waals surface area contributed by atoms with Gasteiger partial charge in [0.1, 0.15) is 5.60 Å². The topological polar surface area (TPSA) is 46.6 Å². The standard InChI is InChI=1S/C21H41NO3/c1-17(23)21(8,9)25-16-12-10-11-13-18(24)22(20(5,6)7)15-14-19(2,3)4/h10-16H2,1-9H3. The Hall–Kier alpha value is -0.900. The van der Waals surface area contributed by atoms with Gasteiger partial charge in [0.25, 0.3) is 0 Å². The van der Waals surface area contributed by atoms with Crippen molar-refractivity contribution in [1.82, 2.24) is 4.90 Å². The lowest BCUT2D eigenvalue weighted by Crippen LogP contribution is -2.46. The van der Waals surface area contributed by atoms with E-state index in [4.69, 9.17) is 4.74 Å². The van der Waals surface area contributed by atoms with Gasteiger partial charge in [0.2, 0.25) is 5.91 Å². The zero-order valence-corrected chi connectivity index (χ0v) is 18.1. The largest absolute Gasteiger partial charge is 0.368 e. The molecule has 1 amide bonds. The summed E-state index contributed by atoms with van der Waals surface area (Å²) in [6.07, 6.45) is 4.27. The molecule has 0 aliphatic carbocycles. The Kier molecular flexibility index (Phi) is 9.35. The monoisotopic (exact) mass is 355 g/mol. The third kappa shape index (κ3) is 10.6. The van der Waals surface area contributed by atoms with Gasteiger partial charge in [-0.15, -0.1) is 0 Å². The van der Waals surface area contributed by atoms with E-state index in [1.807, 2.05) is 4.90 Å². The predicted molar refractivity (Wildman–Crippen MR) is 105 cm³/mol. The zero-order valence-electron chi connectivity index (χ0n) is 18.1. The van der Waals surface area contributed by atoms with E-state index in [0.29, 0.717) is 13.0 Å². The number of rotatable bonds is 10. The number of ketones is 1. The fourth-order valence-electron chi connectivity index (χ4n) is 2.40. The molecule has 4 heteroatoms. The lowest BCUT2D eigenvalue weighted by Gasteiger charge is -2.37. The van der Waals surface area contributed by atoms with Crippen molar-refractivity contribution in [2.45, 2.75) is 106 Å². The summed E-state index contributed by atoms with van der Waals surface area (Å²) < 4.78 is 5.63. The summed E-state index contributed by atoms with van der Waals surface area (Å²) in [5, 5.41) is 0. The van der Waals surface area contributed by atoms with Crippen LogP contribution in [0.25, 0.3) is 0 Å². The molecule has 0 aromatic rings. The van der Waals surface area contributed by atoms with Gasteiger partial charge in [0.15, 0.2) is 5.78 Å². The highest BCUT2D eigenvalue weighted by molar-refractivity contribution is 5.83. The van der Waals surface area contributed by atoms with Gasteiger partial charge in [0, 0.05) is 25.1 Å². The maximum absolute atomic E-state index is 12.6. The number of nitrogens with zero attached hydrogens (tertiary/aromatic N) is 1. The molecular formula is C21H41NO3. The Morgan fingerprint density at radius 1 is 0.880 bits per heavy atom. The van der Waals surface area contributed by atoms with E-state index < -0.39 is 5.60 Å². The number of hydrogen-bond donors (Lipinski definition) is 0. The van der Waals surface area contributed by atoms with Crippen LogP contribution in [0.3, 0.4) is 0 Å². The lowest BCUT2D eigenvalue weighted by atomic mass is 9.91. The van der Waals surface area contributed by atoms with Crippen LogP contribution in [-0.4, -0.2) is 40.9 Å². The second kappa shape index (κ2) is 9.70. The molecule has 0 N–H and O–H groups in total. The van der Waals surface area contributed by atoms with Crippen LogP contribution in [0.2, 0.25) is 0 Å². The third-order valence-corrected chi connectivity index (χ3v) is 4.54. The third-order valence-electron chi connectivity index (χ3n) is 4.54. The van der Waals surface area contributed by atoms with E-state index in [9.17, 15) is 9.59 Å². The van der Waals surface area contributed by atoms with E-state index in [1.165, 1.54) is 0 Å². The lowest BCUT2D eigenvalue weighted by molar-refractivity contribution is -0.138. The van der Waals surface area contributed by atoms with Crippen molar-refractivity contribution in [1.29, 1.82) is 0 Å². The van der Waals surface area contributed by atoms with E-state index in [0.717, 1.165) is 32.2 Å². The highest BCUT2D eigenvalue weighted by Gasteiger charge is 2.27. The van der Waals surface area contributed by atoms with Gasteiger partial charge >= 0.3 is 0 Å². The van der Waals surface area contributed by atoms with Crippen LogP contribution >= 0.6 is 0 Å². The molecule has 0 aromatic heterocycles. The molecule has 0 unspecified atom stereocenters. The van der Waals surface area contributed by atoms with Crippen LogP contribution < -0.4 is 0 Å². The van der Waals surface area contributed by atoms with Crippen molar-refractivity contribution in [2.24, 2.45) is 5.41 Å². The molecular weight excluding hydrogens is 314 g/mol. The second-order valence-electron chi connectivity index (χ2n) is 9.75. The Labute approximate surface area is 155 Å². The van der Waals surface area contributed by atoms with Gasteiger partial charge < -0.3 is 9.64 Å². The Morgan fingerprint density at radius 3 is 1.88 bits per heavy atom. The second-order valence-corrected chi connectivity index (χ2v) is 9.75. The molecule has 148 valence electrons. The van der Waals surface area contributed by atoms with Crippen LogP contribution in [0.4, 0.5) is 0 Å². The molecule has 0 spiro atoms. The molecule has 0 rings (SSSR count). The van der Waals surface area contributed by atoms with Crippen molar-refractivity contribution >= 4 is 11.7 Å². The first-order valence-corrected chi connectivity index (χ1v) is 9.62. The van der Waals surface area contributed by atoms with Crippen LogP contribution in [0.1, 0.15) is 94.4 Å². The summed E-state index contributed by atoms with van der Waals surface area (Å²) in [5.74, 6) is 0.282. The van der Waals surface area contributed by atoms with Gasteiger partial charge in [-0.25, -0.2) is 0 Å². The molecule has 0 saturated heterocycles. The first-order chi connectivity index (χ1) is 11.2. The van der Waals surface area contributed by atoms with E-state index >= 15 is 0 Å². The summed E-state index contributed by atoms with van der Waals surface area (Å²) in [5.41, 5.74) is -0.618. The van der Waals surface area contributed by atoms with Gasteiger partial charge in [-0.3, -0.25) is 9.59 Å². The molecule has 25 heavy (non-hydrogen) atoms.